The molecule has 3 heterocycles. The zero-order valence-electron chi connectivity index (χ0n) is 19.5. The average molecular weight is 493 g/mol. The Morgan fingerprint density at radius 1 is 1.11 bits per heavy atom. The zero-order valence-corrected chi connectivity index (χ0v) is 19.5. The van der Waals surface area contributed by atoms with Crippen LogP contribution < -0.4 is 10.9 Å². The molecule has 2 fully saturated rings. The van der Waals surface area contributed by atoms with Crippen LogP contribution in [0.1, 0.15) is 53.6 Å². The van der Waals surface area contributed by atoms with Crippen molar-refractivity contribution in [1.29, 1.82) is 0 Å². The molecule has 186 valence electrons. The highest BCUT2D eigenvalue weighted by molar-refractivity contribution is 5.89. The number of nitrogens with zero attached hydrogens (tertiary/aromatic N) is 2. The Bertz CT molecular complexity index is 1330. The highest BCUT2D eigenvalue weighted by atomic mass is 19.1. The van der Waals surface area contributed by atoms with E-state index in [0.29, 0.717) is 16.8 Å². The molecule has 3 aromatic rings. The molecule has 2 aromatic heterocycles. The van der Waals surface area contributed by atoms with E-state index in [-0.39, 0.29) is 30.9 Å². The van der Waals surface area contributed by atoms with Crippen molar-refractivity contribution >= 4 is 11.8 Å². The number of halogens is 2. The fraction of sp³-hybridized carbons (Fsp3) is 0.333. The lowest BCUT2D eigenvalue weighted by Gasteiger charge is -2.26. The quantitative estimate of drug-likeness (QED) is 0.496. The molecular weight excluding hydrogens is 466 g/mol. The van der Waals surface area contributed by atoms with Gasteiger partial charge < -0.3 is 15.2 Å². The number of carbonyl (C=O) groups excluding carboxylic acids is 2. The Morgan fingerprint density at radius 2 is 1.89 bits per heavy atom. The molecule has 1 saturated heterocycles. The number of amides is 2. The number of benzene rings is 1. The minimum Gasteiger partial charge on any atom is -0.342 e. The highest BCUT2D eigenvalue weighted by Crippen LogP contribution is 2.41. The van der Waals surface area contributed by atoms with Gasteiger partial charge in [-0.25, -0.2) is 9.37 Å². The number of nitrogens with one attached hydrogen (secondary N) is 2. The predicted octanol–water partition coefficient (Wildman–Crippen LogP) is 3.17. The van der Waals surface area contributed by atoms with Gasteiger partial charge in [-0.05, 0) is 36.5 Å². The van der Waals surface area contributed by atoms with Gasteiger partial charge in [-0.15, -0.1) is 0 Å². The van der Waals surface area contributed by atoms with Gasteiger partial charge in [-0.3, -0.25) is 14.4 Å². The summed E-state index contributed by atoms with van der Waals surface area (Å²) < 4.78 is 29.2. The van der Waals surface area contributed by atoms with Crippen molar-refractivity contribution in [2.75, 3.05) is 6.54 Å². The van der Waals surface area contributed by atoms with Crippen molar-refractivity contribution in [2.24, 2.45) is 0 Å². The third kappa shape index (κ3) is 5.05. The zero-order chi connectivity index (χ0) is 25.2. The maximum Gasteiger partial charge on any atom is 0.251 e. The number of pyridine rings is 2. The second kappa shape index (κ2) is 10.0. The fourth-order valence-electron chi connectivity index (χ4n) is 4.70. The van der Waals surface area contributed by atoms with Crippen LogP contribution in [0.25, 0.3) is 0 Å². The van der Waals surface area contributed by atoms with E-state index in [2.05, 4.69) is 15.3 Å². The predicted molar refractivity (Wildman–Crippen MR) is 128 cm³/mol. The van der Waals surface area contributed by atoms with Crippen LogP contribution in [0.2, 0.25) is 0 Å². The van der Waals surface area contributed by atoms with Crippen LogP contribution >= 0.6 is 0 Å². The number of rotatable bonds is 7. The number of aromatic amines is 1. The van der Waals surface area contributed by atoms with E-state index < -0.39 is 41.6 Å². The summed E-state index contributed by atoms with van der Waals surface area (Å²) in [6.45, 7) is -0.235. The van der Waals surface area contributed by atoms with Crippen LogP contribution in [0.4, 0.5) is 8.78 Å². The molecule has 7 nitrogen and oxygen atoms in total. The van der Waals surface area contributed by atoms with Gasteiger partial charge in [0.2, 0.25) is 17.8 Å². The first-order valence-corrected chi connectivity index (χ1v) is 12.0. The maximum absolute atomic E-state index is 14.8. The van der Waals surface area contributed by atoms with Crippen molar-refractivity contribution in [2.45, 2.75) is 49.9 Å². The summed E-state index contributed by atoms with van der Waals surface area (Å²) in [6, 6.07) is 13.7. The number of H-pyrrole nitrogens is 1. The number of aromatic nitrogens is 2. The van der Waals surface area contributed by atoms with Gasteiger partial charge in [0.1, 0.15) is 12.2 Å². The number of alkyl halides is 1. The van der Waals surface area contributed by atoms with Crippen LogP contribution in [0, 0.1) is 5.95 Å². The molecule has 36 heavy (non-hydrogen) atoms. The summed E-state index contributed by atoms with van der Waals surface area (Å²) in [5.74, 6) is -1.44. The maximum atomic E-state index is 14.8. The summed E-state index contributed by atoms with van der Waals surface area (Å²) in [6.07, 6.45) is 1.54. The molecule has 0 spiro atoms. The van der Waals surface area contributed by atoms with Gasteiger partial charge in [-0.1, -0.05) is 42.5 Å². The Hall–Kier alpha value is -3.88. The lowest BCUT2D eigenvalue weighted by molar-refractivity contribution is -0.138. The number of hydrogen-bond acceptors (Lipinski definition) is 4. The molecule has 2 aliphatic rings. The van der Waals surface area contributed by atoms with Gasteiger partial charge in [0.05, 0.1) is 24.7 Å². The van der Waals surface area contributed by atoms with Crippen molar-refractivity contribution in [3.63, 3.8) is 0 Å². The van der Waals surface area contributed by atoms with E-state index >= 15 is 0 Å². The molecule has 1 aliphatic heterocycles. The number of likely N-dealkylation sites (tertiary alicyclic amines) is 1. The highest BCUT2D eigenvalue weighted by Gasteiger charge is 2.40. The molecule has 2 amide bonds. The Morgan fingerprint density at radius 3 is 2.58 bits per heavy atom. The topological polar surface area (TPSA) is 95.2 Å². The Labute approximate surface area is 206 Å². The van der Waals surface area contributed by atoms with E-state index in [4.69, 9.17) is 0 Å². The summed E-state index contributed by atoms with van der Waals surface area (Å²) >= 11 is 0. The molecule has 0 bridgehead atoms. The molecule has 3 atom stereocenters. The van der Waals surface area contributed by atoms with Crippen molar-refractivity contribution in [1.82, 2.24) is 20.2 Å². The Kier molecular flexibility index (Phi) is 6.63. The second-order valence-electron chi connectivity index (χ2n) is 9.34. The monoisotopic (exact) mass is 492 g/mol. The lowest BCUT2D eigenvalue weighted by Crippen LogP contribution is -2.47. The summed E-state index contributed by atoms with van der Waals surface area (Å²) in [5, 5.41) is 2.87. The largest absolute Gasteiger partial charge is 0.342 e. The van der Waals surface area contributed by atoms with Crippen molar-refractivity contribution in [3.8, 4) is 0 Å². The van der Waals surface area contributed by atoms with Crippen LogP contribution in [0.3, 0.4) is 0 Å². The van der Waals surface area contributed by atoms with E-state index in [1.54, 1.807) is 42.5 Å². The minimum atomic E-state index is -1.37. The first-order valence-electron chi connectivity index (χ1n) is 12.0. The van der Waals surface area contributed by atoms with Crippen LogP contribution in [-0.4, -0.2) is 45.4 Å². The third-order valence-electron chi connectivity index (χ3n) is 6.75. The summed E-state index contributed by atoms with van der Waals surface area (Å²) in [5.41, 5.74) is 1.40. The molecule has 5 rings (SSSR count). The number of hydrogen-bond donors (Lipinski definition) is 2. The third-order valence-corrected chi connectivity index (χ3v) is 6.75. The van der Waals surface area contributed by atoms with Gasteiger partial charge in [0.15, 0.2) is 0 Å². The molecular formula is C27H26F2N4O3. The Balaban J connectivity index is 1.39. The van der Waals surface area contributed by atoms with E-state index in [0.717, 1.165) is 12.8 Å². The SMILES string of the molecule is O=C(N[C@@H](c1ccccc1)c1ccc(C2CC2)c(F)n1)[C@@H]1C[C@@H](F)CN1C(=O)Cc1ccc[nH]c1=O. The van der Waals surface area contributed by atoms with Crippen molar-refractivity contribution in [3.05, 3.63) is 99.5 Å². The molecule has 0 unspecified atom stereocenters. The van der Waals surface area contributed by atoms with E-state index in [1.165, 1.54) is 17.2 Å². The average Bonchev–Trinajstić information content (AvgIpc) is 3.64. The van der Waals surface area contributed by atoms with Crippen LogP contribution in [-0.2, 0) is 16.0 Å². The molecule has 9 heteroatoms. The van der Waals surface area contributed by atoms with E-state index in [9.17, 15) is 23.2 Å². The number of carbonyl (C=O) groups is 2. The van der Waals surface area contributed by atoms with Crippen molar-refractivity contribution < 1.29 is 18.4 Å². The smallest absolute Gasteiger partial charge is 0.251 e. The van der Waals surface area contributed by atoms with Crippen LogP contribution in [0.5, 0.6) is 0 Å². The van der Waals surface area contributed by atoms with Gasteiger partial charge in [0.25, 0.3) is 5.56 Å². The molecule has 1 aromatic carbocycles. The van der Waals surface area contributed by atoms with Crippen LogP contribution in [0.15, 0.2) is 65.6 Å². The van der Waals surface area contributed by atoms with Gasteiger partial charge >= 0.3 is 0 Å². The standard InChI is InChI=1S/C27H26F2N4O3/c28-19-14-22(33(15-19)23(34)13-18-7-4-12-30-26(18)35)27(36)32-24(17-5-2-1-3-6-17)21-11-10-20(16-8-9-16)25(29)31-21/h1-7,10-12,16,19,22,24H,8-9,13-15H2,(H,30,35)(H,32,36)/t19-,22+,24+/m1/s1. The normalized spacial score (nSPS) is 20.2. The summed E-state index contributed by atoms with van der Waals surface area (Å²) in [7, 11) is 0. The van der Waals surface area contributed by atoms with E-state index in [1.807, 2.05) is 6.07 Å². The minimum absolute atomic E-state index is 0.160. The molecule has 1 aliphatic carbocycles. The molecule has 0 radical (unpaired) electrons. The lowest BCUT2D eigenvalue weighted by atomic mass is 10.0. The summed E-state index contributed by atoms with van der Waals surface area (Å²) in [4.78, 5) is 46.2. The first kappa shape index (κ1) is 23.8. The molecule has 2 N–H and O–H groups in total. The van der Waals surface area contributed by atoms with Gasteiger partial charge in [0, 0.05) is 23.7 Å². The first-order chi connectivity index (χ1) is 17.4. The fourth-order valence-corrected chi connectivity index (χ4v) is 4.70. The second-order valence-corrected chi connectivity index (χ2v) is 9.34. The molecule has 1 saturated carbocycles. The van der Waals surface area contributed by atoms with Gasteiger partial charge in [-0.2, -0.15) is 4.39 Å².